The van der Waals surface area contributed by atoms with Gasteiger partial charge < -0.3 is 9.88 Å². The number of nitrogens with one attached hydrogen (secondary N) is 1. The van der Waals surface area contributed by atoms with Gasteiger partial charge in [-0.15, -0.1) is 0 Å². The molecule has 0 radical (unpaired) electrons. The van der Waals surface area contributed by atoms with Crippen molar-refractivity contribution < 1.29 is 4.79 Å². The van der Waals surface area contributed by atoms with Gasteiger partial charge in [0.1, 0.15) is 0 Å². The number of halogens is 1. The van der Waals surface area contributed by atoms with Crippen molar-refractivity contribution >= 4 is 17.5 Å². The van der Waals surface area contributed by atoms with Crippen molar-refractivity contribution in [1.29, 1.82) is 5.26 Å². The fourth-order valence-corrected chi connectivity index (χ4v) is 3.45. The maximum Gasteiger partial charge on any atom is 0.251 e. The summed E-state index contributed by atoms with van der Waals surface area (Å²) in [5, 5.41) is 12.3. The van der Waals surface area contributed by atoms with Gasteiger partial charge in [-0.25, -0.2) is 4.98 Å². The summed E-state index contributed by atoms with van der Waals surface area (Å²) in [4.78, 5) is 17.0. The summed E-state index contributed by atoms with van der Waals surface area (Å²) in [5.41, 5.74) is 1.29. The van der Waals surface area contributed by atoms with Gasteiger partial charge in [0.05, 0.1) is 18.0 Å². The molecule has 0 spiro atoms. The van der Waals surface area contributed by atoms with E-state index >= 15 is 0 Å². The summed E-state index contributed by atoms with van der Waals surface area (Å²) in [6.45, 7) is 2.42. The minimum Gasteiger partial charge on any atom is -0.354 e. The number of hydrogen-bond acceptors (Lipinski definition) is 3. The van der Waals surface area contributed by atoms with Crippen LogP contribution in [0, 0.1) is 11.3 Å². The van der Waals surface area contributed by atoms with Crippen LogP contribution in [0.3, 0.4) is 0 Å². The topological polar surface area (TPSA) is 70.7 Å². The van der Waals surface area contributed by atoms with Crippen LogP contribution in [0.5, 0.6) is 0 Å². The van der Waals surface area contributed by atoms with Crippen LogP contribution < -0.4 is 5.32 Å². The molecule has 0 bridgehead atoms. The molecule has 1 aliphatic rings. The van der Waals surface area contributed by atoms with Crippen molar-refractivity contribution in [2.24, 2.45) is 0 Å². The lowest BCUT2D eigenvalue weighted by Gasteiger charge is -2.31. The van der Waals surface area contributed by atoms with E-state index in [1.807, 2.05) is 11.5 Å². The lowest BCUT2D eigenvalue weighted by Crippen LogP contribution is -2.47. The second-order valence-electron chi connectivity index (χ2n) is 5.28. The van der Waals surface area contributed by atoms with Crippen LogP contribution in [-0.2, 0) is 16.8 Å². The first-order valence-corrected chi connectivity index (χ1v) is 7.51. The molecule has 1 aromatic heterocycles. The van der Waals surface area contributed by atoms with Crippen molar-refractivity contribution in [3.05, 3.63) is 52.6 Å². The first-order chi connectivity index (χ1) is 10.6. The molecule has 0 aliphatic carbocycles. The number of rotatable bonds is 3. The predicted molar refractivity (Wildman–Crippen MR) is 82.5 cm³/mol. The third-order valence-corrected chi connectivity index (χ3v) is 4.44. The minimum absolute atomic E-state index is 0.0987. The highest BCUT2D eigenvalue weighted by Crippen LogP contribution is 2.41. The third kappa shape index (κ3) is 1.99. The van der Waals surface area contributed by atoms with Crippen molar-refractivity contribution in [3.8, 4) is 6.07 Å². The number of nitriles is 1. The van der Waals surface area contributed by atoms with Crippen LogP contribution in [0.1, 0.15) is 30.2 Å². The maximum absolute atomic E-state index is 12.9. The van der Waals surface area contributed by atoms with Gasteiger partial charge in [0.15, 0.2) is 5.54 Å². The van der Waals surface area contributed by atoms with Crippen molar-refractivity contribution in [2.75, 3.05) is 6.54 Å². The molecule has 1 unspecified atom stereocenters. The fourth-order valence-electron chi connectivity index (χ4n) is 3.12. The molecule has 1 aliphatic heterocycles. The highest BCUT2D eigenvalue weighted by atomic mass is 35.5. The van der Waals surface area contributed by atoms with Crippen LogP contribution in [-0.4, -0.2) is 22.0 Å². The average molecular weight is 315 g/mol. The number of aryl methyl sites for hydroxylation is 1. The Kier molecular flexibility index (Phi) is 3.63. The second-order valence-corrected chi connectivity index (χ2v) is 5.69. The first kappa shape index (κ1) is 14.6. The second kappa shape index (κ2) is 5.47. The van der Waals surface area contributed by atoms with E-state index in [1.165, 1.54) is 0 Å². The summed E-state index contributed by atoms with van der Waals surface area (Å²) >= 11 is 6.39. The summed E-state index contributed by atoms with van der Waals surface area (Å²) in [5.74, 6) is -0.0987. The minimum atomic E-state index is -0.896. The van der Waals surface area contributed by atoms with E-state index in [0.717, 1.165) is 12.1 Å². The molecule has 2 heterocycles. The van der Waals surface area contributed by atoms with Gasteiger partial charge in [0, 0.05) is 29.0 Å². The standard InChI is InChI=1S/C16H15ClN4O/c1-2-20-15(22)16(6-5-12-9-19-10-21(12)16)13-4-3-11(8-18)7-14(13)17/h3-4,7,9-10H,2,5-6H2,1H3,(H,20,22). The Balaban J connectivity index is 2.21. The molecule has 1 atom stereocenters. The number of aromatic nitrogens is 2. The summed E-state index contributed by atoms with van der Waals surface area (Å²) < 4.78 is 1.89. The zero-order valence-corrected chi connectivity index (χ0v) is 12.9. The Bertz CT molecular complexity index is 777. The number of carbonyl (C=O) groups is 1. The lowest BCUT2D eigenvalue weighted by atomic mass is 9.86. The van der Waals surface area contributed by atoms with Gasteiger partial charge in [0.25, 0.3) is 5.91 Å². The van der Waals surface area contributed by atoms with Gasteiger partial charge in [-0.1, -0.05) is 17.7 Å². The monoisotopic (exact) mass is 314 g/mol. The molecule has 6 heteroatoms. The molecule has 22 heavy (non-hydrogen) atoms. The Morgan fingerprint density at radius 2 is 2.41 bits per heavy atom. The number of imidazole rings is 1. The van der Waals surface area contributed by atoms with Gasteiger partial charge in [-0.2, -0.15) is 5.26 Å². The van der Waals surface area contributed by atoms with E-state index in [9.17, 15) is 4.79 Å². The van der Waals surface area contributed by atoms with E-state index in [1.54, 1.807) is 30.7 Å². The van der Waals surface area contributed by atoms with Gasteiger partial charge in [-0.3, -0.25) is 4.79 Å². The number of amides is 1. The van der Waals surface area contributed by atoms with Gasteiger partial charge >= 0.3 is 0 Å². The van der Waals surface area contributed by atoms with Gasteiger partial charge in [-0.05, 0) is 31.9 Å². The molecule has 3 rings (SSSR count). The van der Waals surface area contributed by atoms with Crippen molar-refractivity contribution in [2.45, 2.75) is 25.3 Å². The number of carbonyl (C=O) groups excluding carboxylic acids is 1. The number of fused-ring (bicyclic) bond motifs is 1. The van der Waals surface area contributed by atoms with E-state index in [4.69, 9.17) is 16.9 Å². The number of benzene rings is 1. The van der Waals surface area contributed by atoms with Crippen LogP contribution in [0.4, 0.5) is 0 Å². The largest absolute Gasteiger partial charge is 0.354 e. The van der Waals surface area contributed by atoms with E-state index in [0.29, 0.717) is 29.1 Å². The Labute approximate surface area is 133 Å². The normalized spacial score (nSPS) is 19.5. The lowest BCUT2D eigenvalue weighted by molar-refractivity contribution is -0.127. The fraction of sp³-hybridized carbons (Fsp3) is 0.312. The Morgan fingerprint density at radius 3 is 3.09 bits per heavy atom. The SMILES string of the molecule is CCNC(=O)C1(c2ccc(C#N)cc2Cl)CCc2cncn21. The summed E-state index contributed by atoms with van der Waals surface area (Å²) in [7, 11) is 0. The Morgan fingerprint density at radius 1 is 1.59 bits per heavy atom. The maximum atomic E-state index is 12.9. The molecule has 0 saturated heterocycles. The molecule has 1 N–H and O–H groups in total. The van der Waals surface area contributed by atoms with Crippen molar-refractivity contribution in [1.82, 2.24) is 14.9 Å². The third-order valence-electron chi connectivity index (χ3n) is 4.13. The predicted octanol–water partition coefficient (Wildman–Crippen LogP) is 2.23. The van der Waals surface area contributed by atoms with E-state index < -0.39 is 5.54 Å². The zero-order chi connectivity index (χ0) is 15.7. The van der Waals surface area contributed by atoms with E-state index in [-0.39, 0.29) is 5.91 Å². The summed E-state index contributed by atoms with van der Waals surface area (Å²) in [6, 6.07) is 7.13. The zero-order valence-electron chi connectivity index (χ0n) is 12.1. The summed E-state index contributed by atoms with van der Waals surface area (Å²) in [6.07, 6.45) is 4.83. The average Bonchev–Trinajstić information content (AvgIpc) is 3.10. The molecule has 0 saturated carbocycles. The molecule has 2 aromatic rings. The Hall–Kier alpha value is -2.32. The van der Waals surface area contributed by atoms with Gasteiger partial charge in [0.2, 0.25) is 0 Å². The molecule has 5 nitrogen and oxygen atoms in total. The van der Waals surface area contributed by atoms with E-state index in [2.05, 4.69) is 16.4 Å². The number of likely N-dealkylation sites (N-methyl/N-ethyl adjacent to an activating group) is 1. The molecule has 1 aromatic carbocycles. The van der Waals surface area contributed by atoms with Crippen LogP contribution in [0.2, 0.25) is 5.02 Å². The molecule has 1 amide bonds. The number of hydrogen-bond donors (Lipinski definition) is 1. The van der Waals surface area contributed by atoms with Crippen LogP contribution in [0.25, 0.3) is 0 Å². The molecular weight excluding hydrogens is 300 g/mol. The smallest absolute Gasteiger partial charge is 0.251 e. The quantitative estimate of drug-likeness (QED) is 0.944. The molecule has 112 valence electrons. The molecule has 0 fully saturated rings. The van der Waals surface area contributed by atoms with Crippen molar-refractivity contribution in [3.63, 3.8) is 0 Å². The van der Waals surface area contributed by atoms with Crippen LogP contribution in [0.15, 0.2) is 30.7 Å². The highest BCUT2D eigenvalue weighted by Gasteiger charge is 2.47. The number of nitrogens with zero attached hydrogens (tertiary/aromatic N) is 3. The van der Waals surface area contributed by atoms with Crippen LogP contribution >= 0.6 is 11.6 Å². The molecular formula is C16H15ClN4O. The first-order valence-electron chi connectivity index (χ1n) is 7.13. The highest BCUT2D eigenvalue weighted by molar-refractivity contribution is 6.32.